The van der Waals surface area contributed by atoms with Crippen LogP contribution in [0.25, 0.3) is 10.9 Å². The van der Waals surface area contributed by atoms with Crippen molar-refractivity contribution in [2.24, 2.45) is 0 Å². The van der Waals surface area contributed by atoms with E-state index in [9.17, 15) is 18.0 Å². The molecule has 0 radical (unpaired) electrons. The summed E-state index contributed by atoms with van der Waals surface area (Å²) in [6.45, 7) is 1.28. The van der Waals surface area contributed by atoms with Gasteiger partial charge in [0, 0.05) is 11.6 Å². The Morgan fingerprint density at radius 2 is 1.66 bits per heavy atom. The number of nitrogens with zero attached hydrogens (tertiary/aromatic N) is 2. The number of fused-ring (bicyclic) bond motifs is 1. The Labute approximate surface area is 212 Å². The molecule has 0 fully saturated rings. The van der Waals surface area contributed by atoms with E-state index >= 15 is 0 Å². The van der Waals surface area contributed by atoms with Gasteiger partial charge in [0.1, 0.15) is 6.54 Å². The molecule has 0 saturated heterocycles. The maximum Gasteiger partial charge on any atom is 0.340 e. The molecule has 7 nitrogen and oxygen atoms in total. The van der Waals surface area contributed by atoms with E-state index in [2.05, 4.69) is 0 Å². The van der Waals surface area contributed by atoms with Gasteiger partial charge in [-0.15, -0.1) is 0 Å². The van der Waals surface area contributed by atoms with E-state index in [-0.39, 0.29) is 26.2 Å². The van der Waals surface area contributed by atoms with Crippen LogP contribution in [0.15, 0.2) is 77.8 Å². The van der Waals surface area contributed by atoms with Crippen molar-refractivity contribution in [3.05, 3.63) is 94.1 Å². The van der Waals surface area contributed by atoms with Crippen LogP contribution in [0.2, 0.25) is 10.0 Å². The molecule has 4 rings (SSSR count). The van der Waals surface area contributed by atoms with Crippen LogP contribution in [0.1, 0.15) is 20.7 Å². The van der Waals surface area contributed by atoms with Crippen LogP contribution >= 0.6 is 23.2 Å². The number of hydrogen-bond donors (Lipinski definition) is 0. The van der Waals surface area contributed by atoms with E-state index in [1.807, 2.05) is 6.92 Å². The lowest BCUT2D eigenvalue weighted by molar-refractivity contribution is 0.0603. The van der Waals surface area contributed by atoms with Gasteiger partial charge in [0.15, 0.2) is 0 Å². The van der Waals surface area contributed by atoms with Gasteiger partial charge in [0.2, 0.25) is 0 Å². The maximum atomic E-state index is 13.6. The molecule has 1 heterocycles. The van der Waals surface area contributed by atoms with Crippen molar-refractivity contribution in [2.75, 3.05) is 18.0 Å². The molecule has 180 valence electrons. The predicted octanol–water partition coefficient (Wildman–Crippen LogP) is 5.58. The summed E-state index contributed by atoms with van der Waals surface area (Å²) in [6.07, 6.45) is 1.35. The van der Waals surface area contributed by atoms with E-state index < -0.39 is 28.4 Å². The number of sulfonamides is 1. The molecule has 10 heteroatoms. The largest absolute Gasteiger partial charge is 0.465 e. The van der Waals surface area contributed by atoms with Crippen molar-refractivity contribution >= 4 is 61.7 Å². The van der Waals surface area contributed by atoms with Crippen LogP contribution in [-0.4, -0.2) is 38.5 Å². The highest BCUT2D eigenvalue weighted by Gasteiger charge is 2.29. The van der Waals surface area contributed by atoms with Crippen molar-refractivity contribution in [3.63, 3.8) is 0 Å². The lowest BCUT2D eigenvalue weighted by atomic mass is 10.2. The third-order valence-corrected chi connectivity index (χ3v) is 7.99. The molecule has 1 aromatic heterocycles. The zero-order valence-electron chi connectivity index (χ0n) is 18.7. The molecule has 0 amide bonds. The first kappa shape index (κ1) is 24.8. The van der Waals surface area contributed by atoms with Crippen molar-refractivity contribution in [1.29, 1.82) is 0 Å². The van der Waals surface area contributed by atoms with Gasteiger partial charge in [-0.25, -0.2) is 13.2 Å². The maximum absolute atomic E-state index is 13.6. The Kier molecular flexibility index (Phi) is 6.89. The van der Waals surface area contributed by atoms with E-state index in [0.717, 1.165) is 9.87 Å². The fourth-order valence-corrected chi connectivity index (χ4v) is 5.35. The van der Waals surface area contributed by atoms with Gasteiger partial charge in [-0.1, -0.05) is 59.1 Å². The number of carbonyl (C=O) groups is 2. The fourth-order valence-electron chi connectivity index (χ4n) is 3.65. The summed E-state index contributed by atoms with van der Waals surface area (Å²) in [5, 5.41) is 0.892. The zero-order chi connectivity index (χ0) is 25.3. The molecule has 0 bridgehead atoms. The standard InChI is InChI=1S/C25H20Cl2N2O5S/c1-16-7-10-18(11-8-16)35(32,33)29(17-9-12-21(26)22(27)13-17)15-24(30)28-14-20(25(31)34-2)19-5-3-4-6-23(19)28/h3-14H,15H2,1-2H3. The normalized spacial score (nSPS) is 11.4. The number of hydrogen-bond acceptors (Lipinski definition) is 5. The summed E-state index contributed by atoms with van der Waals surface area (Å²) < 4.78 is 34.3. The summed E-state index contributed by atoms with van der Waals surface area (Å²) in [7, 11) is -2.92. The number of halogens is 2. The number of para-hydroxylation sites is 1. The average molecular weight is 531 g/mol. The highest BCUT2D eigenvalue weighted by molar-refractivity contribution is 7.92. The number of carbonyl (C=O) groups excluding carboxylic acids is 2. The van der Waals surface area contributed by atoms with Gasteiger partial charge in [0.05, 0.1) is 38.8 Å². The number of anilines is 1. The summed E-state index contributed by atoms with van der Waals surface area (Å²) in [4.78, 5) is 25.8. The number of ether oxygens (including phenoxy) is 1. The second-order valence-electron chi connectivity index (χ2n) is 7.74. The number of esters is 1. The molecule has 0 aliphatic carbocycles. The third-order valence-electron chi connectivity index (χ3n) is 5.46. The van der Waals surface area contributed by atoms with Crippen LogP contribution < -0.4 is 4.31 Å². The molecule has 0 aliphatic rings. The molecule has 3 aromatic carbocycles. The van der Waals surface area contributed by atoms with E-state index in [1.165, 1.54) is 48.2 Å². The second-order valence-corrected chi connectivity index (χ2v) is 10.4. The summed E-state index contributed by atoms with van der Waals surface area (Å²) >= 11 is 12.2. The Balaban J connectivity index is 1.82. The Hall–Kier alpha value is -3.33. The number of rotatable bonds is 6. The highest BCUT2D eigenvalue weighted by atomic mass is 35.5. The number of methoxy groups -OCH3 is 1. The van der Waals surface area contributed by atoms with Crippen molar-refractivity contribution in [1.82, 2.24) is 4.57 Å². The quantitative estimate of drug-likeness (QED) is 0.304. The molecule has 0 N–H and O–H groups in total. The van der Waals surface area contributed by atoms with Gasteiger partial charge in [-0.05, 0) is 43.3 Å². The Morgan fingerprint density at radius 1 is 0.971 bits per heavy atom. The first-order valence-corrected chi connectivity index (χ1v) is 12.6. The van der Waals surface area contributed by atoms with E-state index in [1.54, 1.807) is 36.4 Å². The molecule has 35 heavy (non-hydrogen) atoms. The predicted molar refractivity (Wildman–Crippen MR) is 136 cm³/mol. The van der Waals surface area contributed by atoms with Gasteiger partial charge in [-0.2, -0.15) is 0 Å². The van der Waals surface area contributed by atoms with Crippen molar-refractivity contribution in [3.8, 4) is 0 Å². The average Bonchev–Trinajstić information content (AvgIpc) is 3.24. The molecule has 0 unspecified atom stereocenters. The lowest BCUT2D eigenvalue weighted by Gasteiger charge is -2.24. The first-order valence-electron chi connectivity index (χ1n) is 10.4. The van der Waals surface area contributed by atoms with E-state index in [4.69, 9.17) is 27.9 Å². The number of benzene rings is 3. The molecule has 0 atom stereocenters. The molecule has 0 spiro atoms. The Morgan fingerprint density at radius 3 is 2.31 bits per heavy atom. The zero-order valence-corrected chi connectivity index (χ0v) is 21.1. The van der Waals surface area contributed by atoms with E-state index in [0.29, 0.717) is 10.9 Å². The Bertz CT molecular complexity index is 1550. The molecule has 4 aromatic rings. The highest BCUT2D eigenvalue weighted by Crippen LogP contribution is 2.31. The number of aromatic nitrogens is 1. The fraction of sp³-hybridized carbons (Fsp3) is 0.120. The van der Waals surface area contributed by atoms with Crippen LogP contribution in [-0.2, 0) is 14.8 Å². The first-order chi connectivity index (χ1) is 16.6. The minimum absolute atomic E-state index is 0.00888. The third kappa shape index (κ3) is 4.77. The molecule has 0 aliphatic heterocycles. The monoisotopic (exact) mass is 530 g/mol. The van der Waals surface area contributed by atoms with Gasteiger partial charge >= 0.3 is 5.97 Å². The minimum atomic E-state index is -4.17. The summed E-state index contributed by atoms with van der Waals surface area (Å²) in [6, 6.07) is 17.4. The van der Waals surface area contributed by atoms with Crippen molar-refractivity contribution in [2.45, 2.75) is 11.8 Å². The molecular weight excluding hydrogens is 511 g/mol. The van der Waals surface area contributed by atoms with Crippen LogP contribution in [0, 0.1) is 6.92 Å². The summed E-state index contributed by atoms with van der Waals surface area (Å²) in [5.41, 5.74) is 1.69. The summed E-state index contributed by atoms with van der Waals surface area (Å²) in [5.74, 6) is -1.19. The molecular formula is C25H20Cl2N2O5S. The van der Waals surface area contributed by atoms with Crippen LogP contribution in [0.4, 0.5) is 5.69 Å². The second kappa shape index (κ2) is 9.73. The number of aryl methyl sites for hydroxylation is 1. The smallest absolute Gasteiger partial charge is 0.340 e. The van der Waals surface area contributed by atoms with Crippen molar-refractivity contribution < 1.29 is 22.7 Å². The SMILES string of the molecule is COC(=O)c1cn(C(=O)CN(c2ccc(Cl)c(Cl)c2)S(=O)(=O)c2ccc(C)cc2)c2ccccc12. The van der Waals surface area contributed by atoms with Gasteiger partial charge in [-0.3, -0.25) is 13.7 Å². The molecule has 0 saturated carbocycles. The lowest BCUT2D eigenvalue weighted by Crippen LogP contribution is -2.37. The minimum Gasteiger partial charge on any atom is -0.465 e. The van der Waals surface area contributed by atoms with Crippen LogP contribution in [0.5, 0.6) is 0 Å². The van der Waals surface area contributed by atoms with Gasteiger partial charge in [0.25, 0.3) is 15.9 Å². The van der Waals surface area contributed by atoms with Crippen LogP contribution in [0.3, 0.4) is 0 Å². The topological polar surface area (TPSA) is 85.7 Å². The van der Waals surface area contributed by atoms with Gasteiger partial charge < -0.3 is 4.74 Å².